The first kappa shape index (κ1) is 14.1. The molecule has 1 unspecified atom stereocenters. The molecule has 6 heteroatoms. The first-order valence-corrected chi connectivity index (χ1v) is 5.73. The molecule has 0 saturated carbocycles. The number of likely N-dealkylation sites (N-methyl/N-ethyl adjacent to an activating group) is 1. The number of hydrogen-bond donors (Lipinski definition) is 1. The van der Waals surface area contributed by atoms with Gasteiger partial charge in [0.15, 0.2) is 0 Å². The molecule has 0 aromatic carbocycles. The SMILES string of the molecule is COCC(O)CN(C)CCN1C(=O)CCC1=O. The summed E-state index contributed by atoms with van der Waals surface area (Å²) in [7, 11) is 3.37. The molecule has 1 aliphatic heterocycles. The monoisotopic (exact) mass is 244 g/mol. The van der Waals surface area contributed by atoms with Crippen LogP contribution in [0.4, 0.5) is 0 Å². The number of rotatable bonds is 7. The van der Waals surface area contributed by atoms with Crippen LogP contribution in [0.3, 0.4) is 0 Å². The summed E-state index contributed by atoms with van der Waals surface area (Å²) in [4.78, 5) is 25.8. The highest BCUT2D eigenvalue weighted by Gasteiger charge is 2.28. The summed E-state index contributed by atoms with van der Waals surface area (Å²) < 4.78 is 4.82. The van der Waals surface area contributed by atoms with Gasteiger partial charge in [0.2, 0.25) is 11.8 Å². The maximum atomic E-state index is 11.3. The van der Waals surface area contributed by atoms with Crippen LogP contribution in [0, 0.1) is 0 Å². The lowest BCUT2D eigenvalue weighted by Gasteiger charge is -2.22. The normalized spacial score (nSPS) is 18.2. The van der Waals surface area contributed by atoms with E-state index in [1.165, 1.54) is 12.0 Å². The van der Waals surface area contributed by atoms with E-state index in [0.717, 1.165) is 0 Å². The zero-order valence-corrected chi connectivity index (χ0v) is 10.4. The fourth-order valence-corrected chi connectivity index (χ4v) is 1.84. The van der Waals surface area contributed by atoms with E-state index in [9.17, 15) is 14.7 Å². The molecule has 1 saturated heterocycles. The van der Waals surface area contributed by atoms with Crippen LogP contribution < -0.4 is 0 Å². The van der Waals surface area contributed by atoms with Gasteiger partial charge in [-0.05, 0) is 7.05 Å². The second-order valence-electron chi connectivity index (χ2n) is 4.31. The van der Waals surface area contributed by atoms with Crippen molar-refractivity contribution in [2.45, 2.75) is 18.9 Å². The third-order valence-corrected chi connectivity index (χ3v) is 2.74. The van der Waals surface area contributed by atoms with E-state index in [4.69, 9.17) is 4.74 Å². The number of nitrogens with zero attached hydrogens (tertiary/aromatic N) is 2. The van der Waals surface area contributed by atoms with Crippen LogP contribution in [0.15, 0.2) is 0 Å². The molecule has 1 rings (SSSR count). The summed E-state index contributed by atoms with van der Waals surface area (Å²) in [5.74, 6) is -0.193. The highest BCUT2D eigenvalue weighted by molar-refractivity contribution is 6.01. The van der Waals surface area contributed by atoms with Crippen molar-refractivity contribution in [1.82, 2.24) is 9.80 Å². The van der Waals surface area contributed by atoms with Crippen molar-refractivity contribution >= 4 is 11.8 Å². The Morgan fingerprint density at radius 3 is 2.53 bits per heavy atom. The topological polar surface area (TPSA) is 70.1 Å². The lowest BCUT2D eigenvalue weighted by Crippen LogP contribution is -2.39. The lowest BCUT2D eigenvalue weighted by atomic mass is 10.3. The van der Waals surface area contributed by atoms with Gasteiger partial charge in [-0.1, -0.05) is 0 Å². The number of ether oxygens (including phenoxy) is 1. The quantitative estimate of drug-likeness (QED) is 0.586. The minimum absolute atomic E-state index is 0.0964. The Balaban J connectivity index is 2.25. The molecule has 0 spiro atoms. The van der Waals surface area contributed by atoms with Crippen molar-refractivity contribution in [3.05, 3.63) is 0 Å². The summed E-state index contributed by atoms with van der Waals surface area (Å²) in [6, 6.07) is 0. The molecule has 1 heterocycles. The van der Waals surface area contributed by atoms with Gasteiger partial charge in [0.25, 0.3) is 0 Å². The van der Waals surface area contributed by atoms with Gasteiger partial charge in [-0.25, -0.2) is 0 Å². The molecule has 1 fully saturated rings. The van der Waals surface area contributed by atoms with Gasteiger partial charge in [-0.2, -0.15) is 0 Å². The molecule has 0 aromatic rings. The van der Waals surface area contributed by atoms with Crippen LogP contribution in [0.2, 0.25) is 0 Å². The van der Waals surface area contributed by atoms with Gasteiger partial charge in [0.05, 0.1) is 12.7 Å². The number of likely N-dealkylation sites (tertiary alicyclic amines) is 1. The fourth-order valence-electron chi connectivity index (χ4n) is 1.84. The number of carbonyl (C=O) groups is 2. The van der Waals surface area contributed by atoms with Crippen molar-refractivity contribution in [2.24, 2.45) is 0 Å². The van der Waals surface area contributed by atoms with Gasteiger partial charge < -0.3 is 14.7 Å². The number of aliphatic hydroxyl groups excluding tert-OH is 1. The predicted octanol–water partition coefficient (Wildman–Crippen LogP) is -0.925. The van der Waals surface area contributed by atoms with Crippen molar-refractivity contribution in [2.75, 3.05) is 40.4 Å². The van der Waals surface area contributed by atoms with Crippen LogP contribution >= 0.6 is 0 Å². The molecule has 6 nitrogen and oxygen atoms in total. The molecule has 1 atom stereocenters. The summed E-state index contributed by atoms with van der Waals surface area (Å²) >= 11 is 0. The molecule has 98 valence electrons. The number of methoxy groups -OCH3 is 1. The second-order valence-corrected chi connectivity index (χ2v) is 4.31. The second kappa shape index (κ2) is 6.68. The van der Waals surface area contributed by atoms with Gasteiger partial charge in [0.1, 0.15) is 0 Å². The average Bonchev–Trinajstić information content (AvgIpc) is 2.56. The van der Waals surface area contributed by atoms with Gasteiger partial charge in [0, 0.05) is 39.6 Å². The minimum Gasteiger partial charge on any atom is -0.389 e. The molecule has 0 radical (unpaired) electrons. The van der Waals surface area contributed by atoms with Crippen molar-refractivity contribution in [3.8, 4) is 0 Å². The largest absolute Gasteiger partial charge is 0.389 e. The zero-order chi connectivity index (χ0) is 12.8. The summed E-state index contributed by atoms with van der Waals surface area (Å²) in [5.41, 5.74) is 0. The maximum Gasteiger partial charge on any atom is 0.229 e. The van der Waals surface area contributed by atoms with Crippen LogP contribution in [-0.2, 0) is 14.3 Å². The Bertz CT molecular complexity index is 267. The maximum absolute atomic E-state index is 11.3. The molecule has 1 aliphatic rings. The standard InChI is InChI=1S/C11H20N2O4/c1-12(7-9(14)8-17-2)5-6-13-10(15)3-4-11(13)16/h9,14H,3-8H2,1-2H3. The highest BCUT2D eigenvalue weighted by atomic mass is 16.5. The zero-order valence-electron chi connectivity index (χ0n) is 10.4. The third-order valence-electron chi connectivity index (χ3n) is 2.74. The van der Waals surface area contributed by atoms with E-state index >= 15 is 0 Å². The van der Waals surface area contributed by atoms with E-state index in [2.05, 4.69) is 0 Å². The number of imide groups is 1. The number of carbonyl (C=O) groups excluding carboxylic acids is 2. The molecule has 0 aromatic heterocycles. The van der Waals surface area contributed by atoms with Crippen molar-refractivity contribution < 1.29 is 19.4 Å². The fraction of sp³-hybridized carbons (Fsp3) is 0.818. The first-order chi connectivity index (χ1) is 8.04. The smallest absolute Gasteiger partial charge is 0.229 e. The van der Waals surface area contributed by atoms with Crippen molar-refractivity contribution in [3.63, 3.8) is 0 Å². The molecule has 0 bridgehead atoms. The lowest BCUT2D eigenvalue weighted by molar-refractivity contribution is -0.138. The van der Waals surface area contributed by atoms with Crippen LogP contribution in [0.5, 0.6) is 0 Å². The molecular formula is C11H20N2O4. The Morgan fingerprint density at radius 1 is 1.41 bits per heavy atom. The Morgan fingerprint density at radius 2 is 2.00 bits per heavy atom. The number of aliphatic hydroxyl groups is 1. The summed E-state index contributed by atoms with van der Waals surface area (Å²) in [6.45, 7) is 1.71. The molecule has 1 N–H and O–H groups in total. The Kier molecular flexibility index (Phi) is 5.54. The first-order valence-electron chi connectivity index (χ1n) is 5.73. The van der Waals surface area contributed by atoms with Crippen LogP contribution in [0.25, 0.3) is 0 Å². The number of hydrogen-bond acceptors (Lipinski definition) is 5. The highest BCUT2D eigenvalue weighted by Crippen LogP contribution is 2.10. The molecule has 17 heavy (non-hydrogen) atoms. The van der Waals surface area contributed by atoms with E-state index in [0.29, 0.717) is 32.5 Å². The molecule has 0 aliphatic carbocycles. The van der Waals surface area contributed by atoms with Crippen molar-refractivity contribution in [1.29, 1.82) is 0 Å². The average molecular weight is 244 g/mol. The molecular weight excluding hydrogens is 224 g/mol. The Labute approximate surface area is 101 Å². The third kappa shape index (κ3) is 4.41. The summed E-state index contributed by atoms with van der Waals surface area (Å²) in [5, 5.41) is 9.50. The minimum atomic E-state index is -0.546. The predicted molar refractivity (Wildman–Crippen MR) is 61.3 cm³/mol. The molecule has 2 amide bonds. The van der Waals surface area contributed by atoms with E-state index in [1.54, 1.807) is 0 Å². The van der Waals surface area contributed by atoms with E-state index in [1.807, 2.05) is 11.9 Å². The van der Waals surface area contributed by atoms with Crippen LogP contribution in [0.1, 0.15) is 12.8 Å². The van der Waals surface area contributed by atoms with E-state index < -0.39 is 6.10 Å². The van der Waals surface area contributed by atoms with E-state index in [-0.39, 0.29) is 18.4 Å². The summed E-state index contributed by atoms with van der Waals surface area (Å²) in [6.07, 6.45) is 0.110. The number of amides is 2. The van der Waals surface area contributed by atoms with Gasteiger partial charge in [-0.3, -0.25) is 14.5 Å². The van der Waals surface area contributed by atoms with Crippen LogP contribution in [-0.4, -0.2) is 73.2 Å². The Hall–Kier alpha value is -0.980. The van der Waals surface area contributed by atoms with Gasteiger partial charge >= 0.3 is 0 Å². The van der Waals surface area contributed by atoms with Gasteiger partial charge in [-0.15, -0.1) is 0 Å².